The zero-order valence-corrected chi connectivity index (χ0v) is 22.5. The lowest BCUT2D eigenvalue weighted by atomic mass is 9.97. The zero-order chi connectivity index (χ0) is 27.7. The third kappa shape index (κ3) is 7.34. The highest BCUT2D eigenvalue weighted by Crippen LogP contribution is 2.34. The molecule has 3 rings (SSSR count). The smallest absolute Gasteiger partial charge is 0.228 e. The second kappa shape index (κ2) is 13.3. The SMILES string of the molecule is CC(C)CN(CC(C)C)c1ccc(-c2ccccc2/C(=N/N)NN)cc1NC(=O)Cc1ccc(C#N)cc1. The van der Waals surface area contributed by atoms with Gasteiger partial charge in [0.15, 0.2) is 5.84 Å². The summed E-state index contributed by atoms with van der Waals surface area (Å²) >= 11 is 0. The van der Waals surface area contributed by atoms with Crippen LogP contribution < -0.4 is 27.3 Å². The molecule has 0 aliphatic carbocycles. The number of carbonyl (C=O) groups is 1. The molecule has 0 saturated heterocycles. The summed E-state index contributed by atoms with van der Waals surface area (Å²) in [5.41, 5.74) is 8.17. The first-order chi connectivity index (χ1) is 18.2. The Hall–Kier alpha value is -4.35. The summed E-state index contributed by atoms with van der Waals surface area (Å²) in [7, 11) is 0. The summed E-state index contributed by atoms with van der Waals surface area (Å²) in [5.74, 6) is 12.3. The molecule has 0 fully saturated rings. The highest BCUT2D eigenvalue weighted by molar-refractivity contribution is 6.05. The van der Waals surface area contributed by atoms with E-state index in [9.17, 15) is 4.79 Å². The van der Waals surface area contributed by atoms with Crippen molar-refractivity contribution in [2.75, 3.05) is 23.3 Å². The highest BCUT2D eigenvalue weighted by Gasteiger charge is 2.19. The molecule has 8 heteroatoms. The van der Waals surface area contributed by atoms with Crippen LogP contribution in [0.25, 0.3) is 11.1 Å². The van der Waals surface area contributed by atoms with Crippen molar-refractivity contribution in [3.63, 3.8) is 0 Å². The quantitative estimate of drug-likeness (QED) is 0.136. The lowest BCUT2D eigenvalue weighted by Crippen LogP contribution is -2.32. The minimum atomic E-state index is -0.136. The van der Waals surface area contributed by atoms with Crippen molar-refractivity contribution in [2.24, 2.45) is 28.6 Å². The van der Waals surface area contributed by atoms with Crippen molar-refractivity contribution < 1.29 is 4.79 Å². The van der Waals surface area contributed by atoms with Crippen molar-refractivity contribution in [3.05, 3.63) is 83.4 Å². The number of rotatable bonds is 10. The first-order valence-electron chi connectivity index (χ1n) is 12.8. The van der Waals surface area contributed by atoms with Crippen molar-refractivity contribution in [1.29, 1.82) is 5.26 Å². The number of nitrogens with two attached hydrogens (primary N) is 2. The van der Waals surface area contributed by atoms with Crippen LogP contribution in [-0.4, -0.2) is 24.8 Å². The van der Waals surface area contributed by atoms with Gasteiger partial charge in [-0.3, -0.25) is 4.79 Å². The van der Waals surface area contributed by atoms with E-state index >= 15 is 0 Å². The molecule has 0 saturated carbocycles. The van der Waals surface area contributed by atoms with Gasteiger partial charge in [0, 0.05) is 18.7 Å². The summed E-state index contributed by atoms with van der Waals surface area (Å²) in [6, 6.07) is 22.9. The molecule has 0 spiro atoms. The minimum absolute atomic E-state index is 0.136. The van der Waals surface area contributed by atoms with Crippen molar-refractivity contribution in [3.8, 4) is 17.2 Å². The standard InChI is InChI=1S/C30H37N7O/c1-20(2)18-37(19-21(3)4)28-14-13-24(25-7-5-6-8-26(25)30(35-32)36-33)16-27(28)34-29(38)15-22-9-11-23(17-31)12-10-22/h5-14,16,20-21H,15,18-19,32-33H2,1-4H3,(H,34,38)(H,35,36). The third-order valence-corrected chi connectivity index (χ3v) is 5.99. The number of hydrogen-bond acceptors (Lipinski definition) is 6. The molecule has 3 aromatic rings. The molecule has 0 aliphatic rings. The number of hydrogen-bond donors (Lipinski definition) is 4. The molecule has 0 unspecified atom stereocenters. The predicted molar refractivity (Wildman–Crippen MR) is 155 cm³/mol. The average Bonchev–Trinajstić information content (AvgIpc) is 2.89. The molecule has 0 heterocycles. The van der Waals surface area contributed by atoms with E-state index in [1.807, 2.05) is 48.5 Å². The van der Waals surface area contributed by atoms with Gasteiger partial charge in [0.1, 0.15) is 0 Å². The van der Waals surface area contributed by atoms with Crippen molar-refractivity contribution in [2.45, 2.75) is 34.1 Å². The summed E-state index contributed by atoms with van der Waals surface area (Å²) < 4.78 is 0. The van der Waals surface area contributed by atoms with Gasteiger partial charge in [-0.2, -0.15) is 10.4 Å². The fraction of sp³-hybridized carbons (Fsp3) is 0.300. The van der Waals surface area contributed by atoms with Crippen LogP contribution in [0.1, 0.15) is 44.4 Å². The maximum absolute atomic E-state index is 13.2. The van der Waals surface area contributed by atoms with Gasteiger partial charge in [0.2, 0.25) is 5.91 Å². The molecule has 0 aromatic heterocycles. The summed E-state index contributed by atoms with van der Waals surface area (Å²) in [6.07, 6.45) is 0.196. The van der Waals surface area contributed by atoms with Crippen molar-refractivity contribution >= 4 is 23.1 Å². The summed E-state index contributed by atoms with van der Waals surface area (Å²) in [5, 5.41) is 16.0. The van der Waals surface area contributed by atoms with Crippen LogP contribution in [0, 0.1) is 23.2 Å². The largest absolute Gasteiger partial charge is 0.369 e. The second-order valence-corrected chi connectivity index (χ2v) is 10.1. The van der Waals surface area contributed by atoms with Crippen molar-refractivity contribution in [1.82, 2.24) is 5.43 Å². The number of amidine groups is 1. The van der Waals surface area contributed by atoms with E-state index in [0.29, 0.717) is 23.2 Å². The van der Waals surface area contributed by atoms with Gasteiger partial charge >= 0.3 is 0 Å². The van der Waals surface area contributed by atoms with E-state index in [0.717, 1.165) is 46.7 Å². The number of benzene rings is 3. The molecular formula is C30H37N7O. The lowest BCUT2D eigenvalue weighted by molar-refractivity contribution is -0.115. The number of nitriles is 1. The average molecular weight is 512 g/mol. The fourth-order valence-electron chi connectivity index (χ4n) is 4.44. The number of hydrazine groups is 1. The van der Waals surface area contributed by atoms with Gasteiger partial charge in [-0.05, 0) is 52.8 Å². The number of carbonyl (C=O) groups excluding carboxylic acids is 1. The Bertz CT molecular complexity index is 1300. The summed E-state index contributed by atoms with van der Waals surface area (Å²) in [4.78, 5) is 15.5. The Morgan fingerprint density at radius 1 is 1.00 bits per heavy atom. The Morgan fingerprint density at radius 2 is 1.66 bits per heavy atom. The summed E-state index contributed by atoms with van der Waals surface area (Å²) in [6.45, 7) is 10.5. The Balaban J connectivity index is 2.05. The minimum Gasteiger partial charge on any atom is -0.369 e. The molecule has 0 atom stereocenters. The van der Waals surface area contributed by atoms with E-state index in [1.54, 1.807) is 12.1 Å². The molecule has 1 amide bonds. The van der Waals surface area contributed by atoms with Gasteiger partial charge < -0.3 is 21.5 Å². The van der Waals surface area contributed by atoms with Crippen LogP contribution in [0.2, 0.25) is 0 Å². The fourth-order valence-corrected chi connectivity index (χ4v) is 4.44. The first kappa shape index (κ1) is 28.2. The monoisotopic (exact) mass is 511 g/mol. The van der Waals surface area contributed by atoms with Gasteiger partial charge in [-0.15, -0.1) is 0 Å². The normalized spacial score (nSPS) is 11.4. The second-order valence-electron chi connectivity index (χ2n) is 10.1. The van der Waals surface area contributed by atoms with Crippen LogP contribution in [0.4, 0.5) is 11.4 Å². The van der Waals surface area contributed by atoms with E-state index in [2.05, 4.69) is 60.6 Å². The number of hydrazone groups is 1. The van der Waals surface area contributed by atoms with Crippen LogP contribution in [-0.2, 0) is 11.2 Å². The van der Waals surface area contributed by atoms with E-state index in [1.165, 1.54) is 0 Å². The number of amides is 1. The highest BCUT2D eigenvalue weighted by atomic mass is 16.1. The lowest BCUT2D eigenvalue weighted by Gasteiger charge is -2.31. The molecule has 6 N–H and O–H groups in total. The van der Waals surface area contributed by atoms with Gasteiger partial charge in [-0.25, -0.2) is 5.84 Å². The molecule has 38 heavy (non-hydrogen) atoms. The van der Waals surface area contributed by atoms with Crippen LogP contribution in [0.15, 0.2) is 71.8 Å². The Morgan fingerprint density at radius 3 is 2.24 bits per heavy atom. The Kier molecular flexibility index (Phi) is 9.85. The topological polar surface area (TPSA) is 133 Å². The van der Waals surface area contributed by atoms with Crippen LogP contribution >= 0.6 is 0 Å². The van der Waals surface area contributed by atoms with Crippen LogP contribution in [0.3, 0.4) is 0 Å². The van der Waals surface area contributed by atoms with E-state index in [4.69, 9.17) is 16.9 Å². The zero-order valence-electron chi connectivity index (χ0n) is 22.5. The molecule has 8 nitrogen and oxygen atoms in total. The van der Waals surface area contributed by atoms with Gasteiger partial charge in [0.05, 0.1) is 29.4 Å². The third-order valence-electron chi connectivity index (χ3n) is 5.99. The molecular weight excluding hydrogens is 474 g/mol. The maximum Gasteiger partial charge on any atom is 0.228 e. The predicted octanol–water partition coefficient (Wildman–Crippen LogP) is 4.61. The molecule has 198 valence electrons. The molecule has 0 radical (unpaired) electrons. The molecule has 3 aromatic carbocycles. The number of nitrogens with one attached hydrogen (secondary N) is 2. The van der Waals surface area contributed by atoms with Gasteiger partial charge in [0.25, 0.3) is 0 Å². The van der Waals surface area contributed by atoms with E-state index < -0.39 is 0 Å². The molecule has 0 aliphatic heterocycles. The maximum atomic E-state index is 13.2. The number of anilines is 2. The van der Waals surface area contributed by atoms with Crippen LogP contribution in [0.5, 0.6) is 0 Å². The molecule has 0 bridgehead atoms. The first-order valence-corrected chi connectivity index (χ1v) is 12.8. The number of nitrogens with zero attached hydrogens (tertiary/aromatic N) is 3. The van der Waals surface area contributed by atoms with Gasteiger partial charge in [-0.1, -0.05) is 70.2 Å². The van der Waals surface area contributed by atoms with E-state index in [-0.39, 0.29) is 12.3 Å². The Labute approximate surface area is 225 Å².